The Morgan fingerprint density at radius 1 is 0.955 bits per heavy atom. The predicted molar refractivity (Wildman–Crippen MR) is 89.2 cm³/mol. The van der Waals surface area contributed by atoms with Crippen LogP contribution in [0.25, 0.3) is 0 Å². The summed E-state index contributed by atoms with van der Waals surface area (Å²) in [5.74, 6) is 0.00612. The number of anilines is 2. The Hall–Kier alpha value is -1.84. The van der Waals surface area contributed by atoms with E-state index in [2.05, 4.69) is 19.9 Å². The van der Waals surface area contributed by atoms with Gasteiger partial charge in [-0.25, -0.2) is 0 Å². The quantitative estimate of drug-likeness (QED) is 0.555. The fraction of sp³-hybridized carbons (Fsp3) is 0.556. The second-order valence-electron chi connectivity index (χ2n) is 6.19. The highest BCUT2D eigenvalue weighted by Gasteiger charge is 2.36. The number of nitrogens with two attached hydrogens (primary N) is 1. The van der Waals surface area contributed by atoms with Gasteiger partial charge in [-0.1, -0.05) is 31.7 Å². The number of aryl methyl sites for hydroxylation is 1. The number of hydrogen-bond acceptors (Lipinski definition) is 2. The molecule has 0 saturated heterocycles. The fourth-order valence-corrected chi connectivity index (χ4v) is 2.86. The molecule has 0 bridgehead atoms. The second-order valence-corrected chi connectivity index (χ2v) is 6.19. The Balaban J connectivity index is 1.58. The maximum atomic E-state index is 12.2. The van der Waals surface area contributed by atoms with Crippen LogP contribution in [0.1, 0.15) is 62.5 Å². The van der Waals surface area contributed by atoms with Crippen molar-refractivity contribution in [3.63, 3.8) is 0 Å². The van der Waals surface area contributed by atoms with Crippen LogP contribution in [0.3, 0.4) is 0 Å². The highest BCUT2D eigenvalue weighted by Crippen LogP contribution is 2.51. The number of fused-ring (bicyclic) bond motifs is 1. The van der Waals surface area contributed by atoms with Gasteiger partial charge in [0.1, 0.15) is 0 Å². The first-order valence-electron chi connectivity index (χ1n) is 8.24. The van der Waals surface area contributed by atoms with Gasteiger partial charge in [-0.3, -0.25) is 14.5 Å². The molecule has 1 aromatic carbocycles. The van der Waals surface area contributed by atoms with Crippen molar-refractivity contribution < 1.29 is 9.59 Å². The van der Waals surface area contributed by atoms with E-state index in [1.165, 1.54) is 11.1 Å². The molecule has 1 aliphatic heterocycles. The summed E-state index contributed by atoms with van der Waals surface area (Å²) in [6.45, 7) is 4.16. The van der Waals surface area contributed by atoms with Crippen LogP contribution >= 0.6 is 0 Å². The predicted octanol–water partition coefficient (Wildman–Crippen LogP) is 3.89. The molecule has 0 atom stereocenters. The Labute approximate surface area is 132 Å². The molecule has 1 aliphatic rings. The average Bonchev–Trinajstić information content (AvgIpc) is 3.20. The first kappa shape index (κ1) is 16.5. The molecular weight excluding hydrogens is 276 g/mol. The molecule has 2 rings (SSSR count). The summed E-state index contributed by atoms with van der Waals surface area (Å²) in [6, 6.07) is 4.11. The molecule has 2 N–H and O–H groups in total. The van der Waals surface area contributed by atoms with Crippen LogP contribution in [-0.2, 0) is 9.59 Å². The van der Waals surface area contributed by atoms with Crippen LogP contribution in [0.15, 0.2) is 12.1 Å². The first-order chi connectivity index (χ1) is 10.5. The van der Waals surface area contributed by atoms with Crippen molar-refractivity contribution in [1.29, 1.82) is 0 Å². The van der Waals surface area contributed by atoms with Crippen molar-refractivity contribution in [2.24, 2.45) is 5.73 Å². The fourth-order valence-electron chi connectivity index (χ4n) is 2.86. The van der Waals surface area contributed by atoms with E-state index in [4.69, 9.17) is 5.73 Å². The van der Waals surface area contributed by atoms with Gasteiger partial charge >= 0.3 is 0 Å². The van der Waals surface area contributed by atoms with Crippen LogP contribution in [-0.4, -0.2) is 11.8 Å². The van der Waals surface area contributed by atoms with Crippen LogP contribution in [0.4, 0.5) is 11.4 Å². The van der Waals surface area contributed by atoms with E-state index in [1.54, 1.807) is 0 Å². The minimum Gasteiger partial charge on any atom is -0.370 e. The smallest absolute Gasteiger partial charge is 0.231 e. The average molecular weight is 302 g/mol. The summed E-state index contributed by atoms with van der Waals surface area (Å²) in [5, 5.41) is 0. The molecular formula is C18H26N2O2. The monoisotopic (exact) mass is 302 g/mol. The molecule has 0 radical (unpaired) electrons. The van der Waals surface area contributed by atoms with Crippen molar-refractivity contribution in [1.82, 2.24) is 0 Å². The Kier molecular flexibility index (Phi) is 5.58. The molecule has 4 heteroatoms. The number of nitrogens with zero attached hydrogens (tertiary/aromatic N) is 1. The van der Waals surface area contributed by atoms with E-state index < -0.39 is 0 Å². The van der Waals surface area contributed by atoms with E-state index in [0.29, 0.717) is 12.8 Å². The number of benzene rings is 1. The molecule has 0 saturated carbocycles. The largest absolute Gasteiger partial charge is 0.370 e. The van der Waals surface area contributed by atoms with Crippen LogP contribution in [0.5, 0.6) is 0 Å². The summed E-state index contributed by atoms with van der Waals surface area (Å²) in [7, 11) is 0. The van der Waals surface area contributed by atoms with E-state index >= 15 is 0 Å². The molecule has 0 aliphatic carbocycles. The van der Waals surface area contributed by atoms with Crippen molar-refractivity contribution in [2.75, 3.05) is 4.90 Å². The SMILES string of the molecule is Cc1ccc2c(c1C)N2C(=O)CCCCCCCCC(N)=O. The molecule has 0 unspecified atom stereocenters. The zero-order valence-electron chi connectivity index (χ0n) is 13.7. The number of carbonyl (C=O) groups excluding carboxylic acids is 2. The first-order valence-corrected chi connectivity index (χ1v) is 8.24. The third-order valence-corrected chi connectivity index (χ3v) is 4.41. The summed E-state index contributed by atoms with van der Waals surface area (Å²) in [5.41, 5.74) is 9.77. The lowest BCUT2D eigenvalue weighted by Gasteiger charge is -2.03. The third kappa shape index (κ3) is 4.09. The summed E-state index contributed by atoms with van der Waals surface area (Å²) in [4.78, 5) is 24.7. The van der Waals surface area contributed by atoms with E-state index in [1.807, 2.05) is 11.0 Å². The van der Waals surface area contributed by atoms with Gasteiger partial charge in [0.2, 0.25) is 11.8 Å². The Morgan fingerprint density at radius 2 is 1.55 bits per heavy atom. The molecule has 22 heavy (non-hydrogen) atoms. The number of rotatable bonds is 9. The number of amides is 2. The van der Waals surface area contributed by atoms with Gasteiger partial charge in [0.25, 0.3) is 0 Å². The highest BCUT2D eigenvalue weighted by atomic mass is 16.2. The number of primary amides is 1. The highest BCUT2D eigenvalue weighted by molar-refractivity contribution is 6.17. The maximum Gasteiger partial charge on any atom is 0.231 e. The van der Waals surface area contributed by atoms with Crippen molar-refractivity contribution in [3.8, 4) is 0 Å². The lowest BCUT2D eigenvalue weighted by Crippen LogP contribution is -2.12. The van der Waals surface area contributed by atoms with Gasteiger partial charge < -0.3 is 5.73 Å². The minimum atomic E-state index is -0.214. The third-order valence-electron chi connectivity index (χ3n) is 4.41. The molecule has 1 aromatic rings. The molecule has 0 spiro atoms. The Morgan fingerprint density at radius 3 is 2.18 bits per heavy atom. The normalized spacial score (nSPS) is 12.2. The maximum absolute atomic E-state index is 12.2. The van der Waals surface area contributed by atoms with Gasteiger partial charge in [-0.05, 0) is 43.9 Å². The van der Waals surface area contributed by atoms with Gasteiger partial charge in [-0.15, -0.1) is 0 Å². The lowest BCUT2D eigenvalue weighted by atomic mass is 10.1. The number of carbonyl (C=O) groups is 2. The van der Waals surface area contributed by atoms with E-state index in [0.717, 1.165) is 49.9 Å². The topological polar surface area (TPSA) is 63.2 Å². The lowest BCUT2D eigenvalue weighted by molar-refractivity contribution is -0.118. The van der Waals surface area contributed by atoms with Gasteiger partial charge in [0.05, 0.1) is 11.4 Å². The van der Waals surface area contributed by atoms with Gasteiger partial charge in [0, 0.05) is 12.8 Å². The molecule has 0 fully saturated rings. The van der Waals surface area contributed by atoms with Gasteiger partial charge in [0.15, 0.2) is 0 Å². The zero-order chi connectivity index (χ0) is 16.1. The van der Waals surface area contributed by atoms with Crippen molar-refractivity contribution in [3.05, 3.63) is 23.3 Å². The Bertz CT molecular complexity index is 566. The van der Waals surface area contributed by atoms with Crippen LogP contribution in [0, 0.1) is 13.8 Å². The van der Waals surface area contributed by atoms with E-state index in [-0.39, 0.29) is 11.8 Å². The molecule has 4 nitrogen and oxygen atoms in total. The standard InChI is InChI=1S/C18H26N2O2/c1-13-11-12-15-18(14(13)2)20(15)17(22)10-8-6-4-3-5-7-9-16(19)21/h11-12H,3-10H2,1-2H3,(H2,19,21). The van der Waals surface area contributed by atoms with Crippen molar-refractivity contribution >= 4 is 23.2 Å². The van der Waals surface area contributed by atoms with Gasteiger partial charge in [-0.2, -0.15) is 0 Å². The molecule has 2 amide bonds. The van der Waals surface area contributed by atoms with Crippen molar-refractivity contribution in [2.45, 2.75) is 65.2 Å². The number of unbranched alkanes of at least 4 members (excludes halogenated alkanes) is 5. The second kappa shape index (κ2) is 7.43. The molecule has 0 aromatic heterocycles. The number of hydrogen-bond donors (Lipinski definition) is 1. The van der Waals surface area contributed by atoms with E-state index in [9.17, 15) is 9.59 Å². The summed E-state index contributed by atoms with van der Waals surface area (Å²) < 4.78 is 0. The summed E-state index contributed by atoms with van der Waals surface area (Å²) in [6.07, 6.45) is 7.30. The molecule has 1 heterocycles. The zero-order valence-corrected chi connectivity index (χ0v) is 13.7. The minimum absolute atomic E-state index is 0.214. The van der Waals surface area contributed by atoms with Crippen LogP contribution < -0.4 is 10.6 Å². The summed E-state index contributed by atoms with van der Waals surface area (Å²) >= 11 is 0. The van der Waals surface area contributed by atoms with Crippen LogP contribution in [0.2, 0.25) is 0 Å². The molecule has 120 valence electrons.